The van der Waals surface area contributed by atoms with Gasteiger partial charge in [-0.15, -0.1) is 0 Å². The molecule has 0 spiro atoms. The van der Waals surface area contributed by atoms with Gasteiger partial charge in [0.05, 0.1) is 0 Å². The van der Waals surface area contributed by atoms with Crippen LogP contribution in [0.3, 0.4) is 0 Å². The predicted octanol–water partition coefficient (Wildman–Crippen LogP) is 3.26. The van der Waals surface area contributed by atoms with Crippen LogP contribution in [0.1, 0.15) is 54.4 Å². The van der Waals surface area contributed by atoms with E-state index in [-0.39, 0.29) is 6.61 Å². The fourth-order valence-corrected chi connectivity index (χ4v) is 3.38. The Morgan fingerprint density at radius 2 is 2.22 bits per heavy atom. The van der Waals surface area contributed by atoms with E-state index in [1.807, 2.05) is 0 Å². The Kier molecular flexibility index (Phi) is 2.97. The summed E-state index contributed by atoms with van der Waals surface area (Å²) >= 11 is 0. The average molecular weight is 238 g/mol. The molecular formula is C17H18O. The lowest BCUT2D eigenvalue weighted by Crippen LogP contribution is -1.98. The van der Waals surface area contributed by atoms with Crippen molar-refractivity contribution in [1.82, 2.24) is 0 Å². The van der Waals surface area contributed by atoms with Crippen LogP contribution in [-0.4, -0.2) is 11.7 Å². The van der Waals surface area contributed by atoms with Crippen molar-refractivity contribution in [2.24, 2.45) is 0 Å². The lowest BCUT2D eigenvalue weighted by Gasteiger charge is -2.15. The zero-order valence-corrected chi connectivity index (χ0v) is 10.8. The van der Waals surface area contributed by atoms with Crippen LogP contribution in [0, 0.1) is 11.8 Å². The Bertz CT molecular complexity index is 569. The molecule has 0 unspecified atom stereocenters. The number of aliphatic hydroxyl groups excluding tert-OH is 1. The fourth-order valence-electron chi connectivity index (χ4n) is 3.38. The SMILES string of the molecule is CC1=CCC[C@H]2CCc3ccc(C#CCO)c1c32. The Morgan fingerprint density at radius 3 is 3.06 bits per heavy atom. The Hall–Kier alpha value is -1.52. The van der Waals surface area contributed by atoms with Gasteiger partial charge in [-0.3, -0.25) is 0 Å². The van der Waals surface area contributed by atoms with E-state index in [4.69, 9.17) is 5.11 Å². The Labute approximate surface area is 109 Å². The minimum atomic E-state index is -0.0668. The van der Waals surface area contributed by atoms with Crippen LogP contribution in [0.4, 0.5) is 0 Å². The van der Waals surface area contributed by atoms with Crippen LogP contribution in [0.25, 0.3) is 5.57 Å². The van der Waals surface area contributed by atoms with E-state index in [9.17, 15) is 0 Å². The molecule has 0 aliphatic heterocycles. The number of rotatable bonds is 0. The molecule has 0 amide bonds. The highest BCUT2D eigenvalue weighted by atomic mass is 16.2. The van der Waals surface area contributed by atoms with Gasteiger partial charge in [-0.05, 0) is 66.9 Å². The molecule has 0 aromatic heterocycles. The molecule has 1 aromatic rings. The second-order valence-electron chi connectivity index (χ2n) is 5.22. The van der Waals surface area contributed by atoms with Gasteiger partial charge in [0.1, 0.15) is 6.61 Å². The molecule has 3 rings (SSSR count). The minimum absolute atomic E-state index is 0.0668. The van der Waals surface area contributed by atoms with Crippen LogP contribution in [0.5, 0.6) is 0 Å². The van der Waals surface area contributed by atoms with Crippen molar-refractivity contribution >= 4 is 5.57 Å². The van der Waals surface area contributed by atoms with Crippen LogP contribution < -0.4 is 0 Å². The maximum Gasteiger partial charge on any atom is 0.104 e. The van der Waals surface area contributed by atoms with Crippen LogP contribution in [0.2, 0.25) is 0 Å². The second kappa shape index (κ2) is 4.63. The highest BCUT2D eigenvalue weighted by molar-refractivity contribution is 5.75. The lowest BCUT2D eigenvalue weighted by molar-refractivity contribution is 0.350. The predicted molar refractivity (Wildman–Crippen MR) is 74.4 cm³/mol. The molecule has 1 heteroatoms. The van der Waals surface area contributed by atoms with Crippen molar-refractivity contribution < 1.29 is 5.11 Å². The summed E-state index contributed by atoms with van der Waals surface area (Å²) in [7, 11) is 0. The molecule has 2 aliphatic carbocycles. The molecule has 0 saturated carbocycles. The first-order valence-electron chi connectivity index (χ1n) is 6.74. The van der Waals surface area contributed by atoms with E-state index < -0.39 is 0 Å². The molecule has 2 aliphatic rings. The third-order valence-corrected chi connectivity index (χ3v) is 4.17. The molecule has 92 valence electrons. The lowest BCUT2D eigenvalue weighted by atomic mass is 9.89. The van der Waals surface area contributed by atoms with E-state index in [1.54, 1.807) is 5.56 Å². The normalized spacial score (nSPS) is 20.6. The molecular weight excluding hydrogens is 220 g/mol. The quantitative estimate of drug-likeness (QED) is 0.688. The van der Waals surface area contributed by atoms with Crippen molar-refractivity contribution in [2.45, 2.75) is 38.5 Å². The Morgan fingerprint density at radius 1 is 1.33 bits per heavy atom. The van der Waals surface area contributed by atoms with Gasteiger partial charge in [0.2, 0.25) is 0 Å². The molecule has 0 radical (unpaired) electrons. The number of hydrogen-bond acceptors (Lipinski definition) is 1. The van der Waals surface area contributed by atoms with Crippen LogP contribution in [0.15, 0.2) is 18.2 Å². The van der Waals surface area contributed by atoms with Gasteiger partial charge in [-0.1, -0.05) is 24.0 Å². The molecule has 0 fully saturated rings. The molecule has 1 nitrogen and oxygen atoms in total. The highest BCUT2D eigenvalue weighted by Gasteiger charge is 2.28. The third kappa shape index (κ3) is 1.78. The summed E-state index contributed by atoms with van der Waals surface area (Å²) in [6, 6.07) is 4.36. The Balaban J connectivity index is 2.23. The van der Waals surface area contributed by atoms with Crippen molar-refractivity contribution in [3.8, 4) is 11.8 Å². The smallest absolute Gasteiger partial charge is 0.104 e. The van der Waals surface area contributed by atoms with E-state index in [1.165, 1.54) is 42.4 Å². The zero-order valence-electron chi connectivity index (χ0n) is 10.8. The summed E-state index contributed by atoms with van der Waals surface area (Å²) in [5.41, 5.74) is 6.86. The van der Waals surface area contributed by atoms with Gasteiger partial charge >= 0.3 is 0 Å². The highest BCUT2D eigenvalue weighted by Crippen LogP contribution is 2.44. The summed E-state index contributed by atoms with van der Waals surface area (Å²) < 4.78 is 0. The van der Waals surface area contributed by atoms with E-state index in [2.05, 4.69) is 37.0 Å². The first-order valence-corrected chi connectivity index (χ1v) is 6.74. The van der Waals surface area contributed by atoms with E-state index in [0.717, 1.165) is 11.5 Å². The maximum atomic E-state index is 8.88. The third-order valence-electron chi connectivity index (χ3n) is 4.17. The largest absolute Gasteiger partial charge is 0.384 e. The monoisotopic (exact) mass is 238 g/mol. The molecule has 1 atom stereocenters. The molecule has 0 heterocycles. The van der Waals surface area contributed by atoms with Gasteiger partial charge in [-0.25, -0.2) is 0 Å². The number of aliphatic hydroxyl groups is 1. The van der Waals surface area contributed by atoms with Gasteiger partial charge in [0.25, 0.3) is 0 Å². The van der Waals surface area contributed by atoms with Crippen LogP contribution >= 0.6 is 0 Å². The topological polar surface area (TPSA) is 20.2 Å². The summed E-state index contributed by atoms with van der Waals surface area (Å²) in [6.07, 6.45) is 7.30. The maximum absolute atomic E-state index is 8.88. The number of allylic oxidation sites excluding steroid dienone is 2. The summed E-state index contributed by atoms with van der Waals surface area (Å²) in [5, 5.41) is 8.88. The van der Waals surface area contributed by atoms with Crippen LogP contribution in [-0.2, 0) is 6.42 Å². The number of hydrogen-bond donors (Lipinski definition) is 1. The van der Waals surface area contributed by atoms with E-state index in [0.29, 0.717) is 0 Å². The van der Waals surface area contributed by atoms with Gasteiger partial charge in [0, 0.05) is 5.56 Å². The number of aryl methyl sites for hydroxylation is 1. The molecule has 0 saturated heterocycles. The van der Waals surface area contributed by atoms with Gasteiger partial charge in [-0.2, -0.15) is 0 Å². The summed E-state index contributed by atoms with van der Waals surface area (Å²) in [4.78, 5) is 0. The summed E-state index contributed by atoms with van der Waals surface area (Å²) in [5.74, 6) is 6.63. The van der Waals surface area contributed by atoms with Crippen molar-refractivity contribution in [2.75, 3.05) is 6.61 Å². The summed E-state index contributed by atoms with van der Waals surface area (Å²) in [6.45, 7) is 2.13. The number of benzene rings is 1. The molecule has 1 aromatic carbocycles. The van der Waals surface area contributed by atoms with Crippen molar-refractivity contribution in [3.63, 3.8) is 0 Å². The van der Waals surface area contributed by atoms with E-state index >= 15 is 0 Å². The molecule has 1 N–H and O–H groups in total. The molecule has 18 heavy (non-hydrogen) atoms. The molecule has 0 bridgehead atoms. The minimum Gasteiger partial charge on any atom is -0.384 e. The van der Waals surface area contributed by atoms with Crippen molar-refractivity contribution in [1.29, 1.82) is 0 Å². The standard InChI is InChI=1S/C17H18O/c1-12-4-2-5-14-8-10-15-9-7-13(6-3-11-18)16(12)17(14)15/h4,7,9,14,18H,2,5,8,10-11H2,1H3/t14-/m0/s1. The first-order chi connectivity index (χ1) is 8.81. The van der Waals surface area contributed by atoms with Gasteiger partial charge in [0.15, 0.2) is 0 Å². The van der Waals surface area contributed by atoms with Crippen molar-refractivity contribution in [3.05, 3.63) is 40.5 Å². The second-order valence-corrected chi connectivity index (χ2v) is 5.22. The average Bonchev–Trinajstić information content (AvgIpc) is 2.70. The zero-order chi connectivity index (χ0) is 12.5. The fraction of sp³-hybridized carbons (Fsp3) is 0.412. The first kappa shape index (κ1) is 11.6. The van der Waals surface area contributed by atoms with Gasteiger partial charge < -0.3 is 5.11 Å².